The minimum absolute atomic E-state index is 0.0505. The van der Waals surface area contributed by atoms with E-state index in [0.29, 0.717) is 11.5 Å². The molecule has 31 heavy (non-hydrogen) atoms. The van der Waals surface area contributed by atoms with Gasteiger partial charge in [-0.25, -0.2) is 13.2 Å². The number of oxazole rings is 1. The predicted octanol–water partition coefficient (Wildman–Crippen LogP) is 1.23. The van der Waals surface area contributed by atoms with Crippen LogP contribution in [0.4, 0.5) is 0 Å². The van der Waals surface area contributed by atoms with Crippen LogP contribution in [0.15, 0.2) is 56.6 Å². The first-order chi connectivity index (χ1) is 14.8. The number of hydrogen-bond acceptors (Lipinski definition) is 8. The van der Waals surface area contributed by atoms with Crippen molar-refractivity contribution in [2.75, 3.05) is 27.3 Å². The number of ether oxygens (including phenoxy) is 3. The van der Waals surface area contributed by atoms with E-state index in [1.165, 1.54) is 32.4 Å². The number of likely N-dealkylation sites (N-methyl/N-ethyl adjacent to an activating group) is 1. The molecular weight excluding hydrogens is 428 g/mol. The van der Waals surface area contributed by atoms with E-state index in [0.717, 1.165) is 8.87 Å². The summed E-state index contributed by atoms with van der Waals surface area (Å²) in [5.41, 5.74) is 0.340. The van der Waals surface area contributed by atoms with Crippen molar-refractivity contribution in [3.8, 4) is 11.5 Å². The van der Waals surface area contributed by atoms with Crippen molar-refractivity contribution in [3.05, 3.63) is 53.0 Å². The first kappa shape index (κ1) is 20.9. The molecule has 11 heteroatoms. The molecule has 0 saturated heterocycles. The van der Waals surface area contributed by atoms with Crippen LogP contribution in [0.3, 0.4) is 0 Å². The van der Waals surface area contributed by atoms with Crippen LogP contribution in [-0.4, -0.2) is 56.7 Å². The zero-order valence-electron chi connectivity index (χ0n) is 16.8. The maximum atomic E-state index is 13.0. The van der Waals surface area contributed by atoms with E-state index in [1.54, 1.807) is 18.2 Å². The number of fused-ring (bicyclic) bond motifs is 2. The number of aromatic nitrogens is 1. The molecule has 0 fully saturated rings. The largest absolute Gasteiger partial charge is 0.486 e. The summed E-state index contributed by atoms with van der Waals surface area (Å²) in [6, 6.07) is 11.2. The summed E-state index contributed by atoms with van der Waals surface area (Å²) in [5.74, 6) is -0.242. The Morgan fingerprint density at radius 3 is 2.71 bits per heavy atom. The average Bonchev–Trinajstić information content (AvgIpc) is 3.07. The van der Waals surface area contributed by atoms with Crippen molar-refractivity contribution >= 4 is 27.1 Å². The molecule has 0 bridgehead atoms. The van der Waals surface area contributed by atoms with Crippen molar-refractivity contribution in [1.29, 1.82) is 0 Å². The Kier molecular flexibility index (Phi) is 5.46. The smallest absolute Gasteiger partial charge is 0.420 e. The molecule has 4 rings (SSSR count). The molecule has 1 atom stereocenters. The van der Waals surface area contributed by atoms with Gasteiger partial charge < -0.3 is 18.6 Å². The zero-order valence-corrected chi connectivity index (χ0v) is 17.6. The molecule has 1 aromatic heterocycles. The van der Waals surface area contributed by atoms with Crippen molar-refractivity contribution in [3.63, 3.8) is 0 Å². The molecule has 1 aliphatic rings. The second kappa shape index (κ2) is 8.08. The van der Waals surface area contributed by atoms with Crippen molar-refractivity contribution < 1.29 is 31.8 Å². The van der Waals surface area contributed by atoms with Crippen LogP contribution < -0.4 is 15.2 Å². The zero-order chi connectivity index (χ0) is 22.2. The Morgan fingerprint density at radius 1 is 1.23 bits per heavy atom. The predicted molar refractivity (Wildman–Crippen MR) is 109 cm³/mol. The van der Waals surface area contributed by atoms with Crippen LogP contribution in [0.5, 0.6) is 11.5 Å². The van der Waals surface area contributed by atoms with Crippen LogP contribution >= 0.6 is 0 Å². The lowest BCUT2D eigenvalue weighted by Gasteiger charge is -2.29. The fourth-order valence-electron chi connectivity index (χ4n) is 3.27. The molecule has 0 saturated carbocycles. The van der Waals surface area contributed by atoms with Gasteiger partial charge in [-0.1, -0.05) is 12.1 Å². The highest BCUT2D eigenvalue weighted by Crippen LogP contribution is 2.31. The number of esters is 1. The van der Waals surface area contributed by atoms with Crippen LogP contribution in [0, 0.1) is 0 Å². The molecule has 2 aromatic carbocycles. The van der Waals surface area contributed by atoms with Gasteiger partial charge in [-0.2, -0.15) is 4.31 Å². The third kappa shape index (κ3) is 4.01. The van der Waals surface area contributed by atoms with E-state index in [9.17, 15) is 18.0 Å². The summed E-state index contributed by atoms with van der Waals surface area (Å²) in [6.07, 6.45) is -0.488. The highest BCUT2D eigenvalue weighted by molar-refractivity contribution is 7.89. The summed E-state index contributed by atoms with van der Waals surface area (Å²) in [7, 11) is -1.27. The lowest BCUT2D eigenvalue weighted by atomic mass is 10.2. The van der Waals surface area contributed by atoms with E-state index in [2.05, 4.69) is 4.74 Å². The van der Waals surface area contributed by atoms with Gasteiger partial charge in [0, 0.05) is 13.1 Å². The van der Waals surface area contributed by atoms with Gasteiger partial charge in [0.05, 0.1) is 24.1 Å². The number of rotatable bonds is 6. The summed E-state index contributed by atoms with van der Waals surface area (Å²) in [6.45, 7) is -0.0714. The second-order valence-electron chi connectivity index (χ2n) is 6.94. The molecule has 0 N–H and O–H groups in total. The molecule has 0 radical (unpaired) electrons. The highest BCUT2D eigenvalue weighted by Gasteiger charge is 2.29. The quantitative estimate of drug-likeness (QED) is 0.517. The van der Waals surface area contributed by atoms with Gasteiger partial charge in [-0.15, -0.1) is 0 Å². The molecule has 3 aromatic rings. The SMILES string of the molecule is COC(=O)Cn1c(=O)oc2cc(S(=O)(=O)N(C)C[C@H]3COc4ccccc4O3)ccc21. The standard InChI is InChI=1S/C20H20N2O8S/c1-21(10-13-12-28-16-5-3-4-6-17(16)29-13)31(25,26)14-7-8-15-18(9-14)30-20(24)22(15)11-19(23)27-2/h3-9,13H,10-12H2,1-2H3/t13-/m0/s1. The molecule has 2 heterocycles. The number of carbonyl (C=O) groups excluding carboxylic acids is 1. The normalized spacial score (nSPS) is 15.9. The van der Waals surface area contributed by atoms with Crippen molar-refractivity contribution in [2.24, 2.45) is 0 Å². The number of nitrogens with zero attached hydrogens (tertiary/aromatic N) is 2. The lowest BCUT2D eigenvalue weighted by Crippen LogP contribution is -2.41. The van der Waals surface area contributed by atoms with Gasteiger partial charge in [0.1, 0.15) is 19.3 Å². The Morgan fingerprint density at radius 2 is 1.97 bits per heavy atom. The van der Waals surface area contributed by atoms with E-state index in [1.807, 2.05) is 6.07 Å². The highest BCUT2D eigenvalue weighted by atomic mass is 32.2. The van der Waals surface area contributed by atoms with Crippen LogP contribution in [-0.2, 0) is 26.1 Å². The fourth-order valence-corrected chi connectivity index (χ4v) is 4.49. The summed E-state index contributed by atoms with van der Waals surface area (Å²) in [5, 5.41) is 0. The number of para-hydroxylation sites is 2. The van der Waals surface area contributed by atoms with E-state index in [4.69, 9.17) is 13.9 Å². The van der Waals surface area contributed by atoms with E-state index < -0.39 is 27.9 Å². The summed E-state index contributed by atoms with van der Waals surface area (Å²) in [4.78, 5) is 23.5. The number of hydrogen-bond donors (Lipinski definition) is 0. The summed E-state index contributed by atoms with van der Waals surface area (Å²) < 4.78 is 49.5. The van der Waals surface area contributed by atoms with Crippen LogP contribution in [0.2, 0.25) is 0 Å². The third-order valence-corrected chi connectivity index (χ3v) is 6.71. The third-order valence-electron chi connectivity index (χ3n) is 4.89. The number of sulfonamides is 1. The number of carbonyl (C=O) groups is 1. The van der Waals surface area contributed by atoms with E-state index >= 15 is 0 Å². The van der Waals surface area contributed by atoms with E-state index in [-0.39, 0.29) is 35.7 Å². The maximum absolute atomic E-state index is 13.0. The van der Waals surface area contributed by atoms with Gasteiger partial charge in [0.2, 0.25) is 10.0 Å². The Labute approximate surface area is 177 Å². The van der Waals surface area contributed by atoms with Crippen molar-refractivity contribution in [1.82, 2.24) is 8.87 Å². The van der Waals surface area contributed by atoms with Crippen molar-refractivity contribution in [2.45, 2.75) is 17.5 Å². The lowest BCUT2D eigenvalue weighted by molar-refractivity contribution is -0.141. The van der Waals surface area contributed by atoms with Gasteiger partial charge in [0.25, 0.3) is 0 Å². The topological polar surface area (TPSA) is 117 Å². The summed E-state index contributed by atoms with van der Waals surface area (Å²) >= 11 is 0. The van der Waals surface area contributed by atoms with Gasteiger partial charge in [-0.3, -0.25) is 9.36 Å². The Balaban J connectivity index is 1.55. The van der Waals surface area contributed by atoms with Crippen LogP contribution in [0.25, 0.3) is 11.1 Å². The van der Waals surface area contributed by atoms with Gasteiger partial charge in [0.15, 0.2) is 17.1 Å². The van der Waals surface area contributed by atoms with Gasteiger partial charge in [-0.05, 0) is 24.3 Å². The molecule has 0 aliphatic carbocycles. The fraction of sp³-hybridized carbons (Fsp3) is 0.300. The molecule has 0 amide bonds. The number of benzene rings is 2. The maximum Gasteiger partial charge on any atom is 0.420 e. The minimum atomic E-state index is -3.90. The monoisotopic (exact) mass is 448 g/mol. The number of methoxy groups -OCH3 is 1. The minimum Gasteiger partial charge on any atom is -0.486 e. The Bertz CT molecular complexity index is 1290. The first-order valence-corrected chi connectivity index (χ1v) is 10.8. The van der Waals surface area contributed by atoms with Crippen LogP contribution in [0.1, 0.15) is 0 Å². The molecular formula is C20H20N2O8S. The first-order valence-electron chi connectivity index (χ1n) is 9.34. The molecule has 0 unspecified atom stereocenters. The van der Waals surface area contributed by atoms with Gasteiger partial charge >= 0.3 is 11.7 Å². The molecule has 10 nitrogen and oxygen atoms in total. The molecule has 1 aliphatic heterocycles. The Hall–Kier alpha value is -3.31. The second-order valence-corrected chi connectivity index (χ2v) is 8.99. The molecule has 0 spiro atoms. The average molecular weight is 448 g/mol. The molecule has 164 valence electrons.